The van der Waals surface area contributed by atoms with Crippen molar-refractivity contribution in [1.29, 1.82) is 10.7 Å². The molecule has 1 aliphatic heterocycles. The van der Waals surface area contributed by atoms with Gasteiger partial charge in [0.25, 0.3) is 0 Å². The monoisotopic (exact) mass is 394 g/mol. The number of aliphatic hydroxyl groups excluding tert-OH is 1. The highest BCUT2D eigenvalue weighted by Gasteiger charge is 2.33. The Morgan fingerprint density at radius 1 is 1.38 bits per heavy atom. The fourth-order valence-corrected chi connectivity index (χ4v) is 3.99. The average molecular weight is 395 g/mol. The molecule has 29 heavy (non-hydrogen) atoms. The predicted molar refractivity (Wildman–Crippen MR) is 120 cm³/mol. The standard InChI is InChI=1S/C24H34N4O/c1-2-5-22(18-26)24-16-20-8-9-23(20)21(17-25)7-3-6-19(11-15-29)10-14-27-12-4-13-28-24/h2-3,6-7,13,17,19-20,23,25,27,29H,1,4-5,8-12,14-16H2/b6-3+,21-7+,24-22?,25-17?,28-13?. The third-order valence-electron chi connectivity index (χ3n) is 5.86. The molecule has 1 fully saturated rings. The SMILES string of the molecule is C=CCC(C#N)=C1CC2CCC2/C(C=N)=C/C=C/C(CCO)CCNCCC=N1. The van der Waals surface area contributed by atoms with E-state index in [4.69, 9.17) is 5.41 Å². The zero-order valence-electron chi connectivity index (χ0n) is 17.3. The van der Waals surface area contributed by atoms with Gasteiger partial charge in [-0.15, -0.1) is 6.58 Å². The van der Waals surface area contributed by atoms with E-state index in [-0.39, 0.29) is 6.61 Å². The minimum atomic E-state index is 0.189. The van der Waals surface area contributed by atoms with E-state index in [0.717, 1.165) is 62.9 Å². The van der Waals surface area contributed by atoms with Crippen molar-refractivity contribution in [1.82, 2.24) is 5.32 Å². The first-order chi connectivity index (χ1) is 14.2. The summed E-state index contributed by atoms with van der Waals surface area (Å²) >= 11 is 0. The lowest BCUT2D eigenvalue weighted by molar-refractivity contribution is 0.218. The molecule has 0 aromatic carbocycles. The highest BCUT2D eigenvalue weighted by Crippen LogP contribution is 2.43. The number of hydrogen-bond donors (Lipinski definition) is 3. The summed E-state index contributed by atoms with van der Waals surface area (Å²) in [4.78, 5) is 4.68. The molecule has 5 nitrogen and oxygen atoms in total. The van der Waals surface area contributed by atoms with Crippen LogP contribution >= 0.6 is 0 Å². The van der Waals surface area contributed by atoms with Crippen LogP contribution in [0.2, 0.25) is 0 Å². The van der Waals surface area contributed by atoms with Gasteiger partial charge >= 0.3 is 0 Å². The number of aliphatic hydroxyl groups is 1. The van der Waals surface area contributed by atoms with Gasteiger partial charge in [-0.05, 0) is 68.4 Å². The summed E-state index contributed by atoms with van der Waals surface area (Å²) < 4.78 is 0. The molecule has 3 atom stereocenters. The number of aliphatic imine (C=N–C) groups is 1. The van der Waals surface area contributed by atoms with Crippen molar-refractivity contribution in [2.24, 2.45) is 22.7 Å². The first kappa shape index (κ1) is 23.0. The van der Waals surface area contributed by atoms with Crippen LogP contribution in [-0.4, -0.2) is 37.2 Å². The predicted octanol–water partition coefficient (Wildman–Crippen LogP) is 4.34. The molecule has 0 aromatic rings. The van der Waals surface area contributed by atoms with Crippen LogP contribution in [0.15, 0.2) is 52.7 Å². The number of fused-ring (bicyclic) bond motifs is 1. The molecule has 0 bridgehead atoms. The van der Waals surface area contributed by atoms with E-state index in [1.165, 1.54) is 6.21 Å². The van der Waals surface area contributed by atoms with Gasteiger partial charge in [0.2, 0.25) is 0 Å². The normalized spacial score (nSPS) is 30.6. The van der Waals surface area contributed by atoms with Crippen LogP contribution in [0.5, 0.6) is 0 Å². The number of rotatable bonds is 5. The molecule has 0 amide bonds. The van der Waals surface area contributed by atoms with Gasteiger partial charge in [-0.3, -0.25) is 4.99 Å². The quantitative estimate of drug-likeness (QED) is 0.368. The Kier molecular flexibility index (Phi) is 10.3. The van der Waals surface area contributed by atoms with Crippen LogP contribution in [0, 0.1) is 34.5 Å². The summed E-state index contributed by atoms with van der Waals surface area (Å²) in [5.74, 6) is 1.09. The highest BCUT2D eigenvalue weighted by atomic mass is 16.3. The van der Waals surface area contributed by atoms with E-state index in [9.17, 15) is 10.4 Å². The Hall–Kier alpha value is -2.29. The number of nitriles is 1. The zero-order chi connectivity index (χ0) is 20.9. The van der Waals surface area contributed by atoms with E-state index in [0.29, 0.717) is 29.7 Å². The van der Waals surface area contributed by atoms with E-state index in [1.807, 2.05) is 6.21 Å². The van der Waals surface area contributed by atoms with E-state index in [1.54, 1.807) is 6.08 Å². The molecular formula is C24H34N4O. The number of nitrogens with one attached hydrogen (secondary N) is 2. The smallest absolute Gasteiger partial charge is 0.0969 e. The van der Waals surface area contributed by atoms with Gasteiger partial charge in [0, 0.05) is 32.0 Å². The topological polar surface area (TPSA) is 92.3 Å². The molecular weight excluding hydrogens is 360 g/mol. The second-order valence-corrected chi connectivity index (χ2v) is 7.79. The molecule has 3 N–H and O–H groups in total. The molecule has 156 valence electrons. The van der Waals surface area contributed by atoms with Gasteiger partial charge in [0.15, 0.2) is 0 Å². The highest BCUT2D eigenvalue weighted by molar-refractivity contribution is 5.77. The Balaban J connectivity index is 2.27. The van der Waals surface area contributed by atoms with E-state index < -0.39 is 0 Å². The summed E-state index contributed by atoms with van der Waals surface area (Å²) in [6.07, 6.45) is 17.4. The molecule has 1 heterocycles. The van der Waals surface area contributed by atoms with Crippen molar-refractivity contribution in [3.05, 3.63) is 47.7 Å². The van der Waals surface area contributed by atoms with Gasteiger partial charge in [0.05, 0.1) is 17.3 Å². The Labute approximate surface area is 175 Å². The molecule has 1 saturated carbocycles. The van der Waals surface area contributed by atoms with Crippen LogP contribution in [0.25, 0.3) is 0 Å². The number of nitrogens with zero attached hydrogens (tertiary/aromatic N) is 2. The molecule has 0 radical (unpaired) electrons. The lowest BCUT2D eigenvalue weighted by Gasteiger charge is -2.37. The summed E-state index contributed by atoms with van der Waals surface area (Å²) in [6.45, 7) is 5.69. The number of allylic oxidation sites excluding steroid dienone is 7. The van der Waals surface area contributed by atoms with Crippen molar-refractivity contribution in [2.45, 2.75) is 44.9 Å². The van der Waals surface area contributed by atoms with Crippen molar-refractivity contribution >= 4 is 12.4 Å². The summed E-state index contributed by atoms with van der Waals surface area (Å²) in [5, 5.41) is 30.2. The lowest BCUT2D eigenvalue weighted by atomic mass is 9.67. The maximum atomic E-state index is 9.57. The fourth-order valence-electron chi connectivity index (χ4n) is 3.99. The molecule has 3 unspecified atom stereocenters. The van der Waals surface area contributed by atoms with Crippen LogP contribution in [0.4, 0.5) is 0 Å². The summed E-state index contributed by atoms with van der Waals surface area (Å²) in [6, 6.07) is 2.31. The van der Waals surface area contributed by atoms with Crippen molar-refractivity contribution in [2.75, 3.05) is 19.7 Å². The summed E-state index contributed by atoms with van der Waals surface area (Å²) in [5.41, 5.74) is 2.61. The molecule has 2 aliphatic rings. The molecule has 0 spiro atoms. The van der Waals surface area contributed by atoms with Crippen LogP contribution < -0.4 is 5.32 Å². The van der Waals surface area contributed by atoms with Crippen molar-refractivity contribution < 1.29 is 5.11 Å². The van der Waals surface area contributed by atoms with Crippen molar-refractivity contribution in [3.8, 4) is 6.07 Å². The van der Waals surface area contributed by atoms with Crippen LogP contribution in [-0.2, 0) is 0 Å². The molecule has 0 saturated heterocycles. The minimum Gasteiger partial charge on any atom is -0.396 e. The fraction of sp³-hybridized carbons (Fsp3) is 0.542. The second kappa shape index (κ2) is 13.0. The van der Waals surface area contributed by atoms with Gasteiger partial charge in [-0.25, -0.2) is 0 Å². The third-order valence-corrected chi connectivity index (χ3v) is 5.86. The maximum Gasteiger partial charge on any atom is 0.0969 e. The second-order valence-electron chi connectivity index (χ2n) is 7.79. The van der Waals surface area contributed by atoms with Gasteiger partial charge < -0.3 is 15.8 Å². The largest absolute Gasteiger partial charge is 0.396 e. The lowest BCUT2D eigenvalue weighted by Crippen LogP contribution is -2.28. The third kappa shape index (κ3) is 7.23. The molecule has 5 heteroatoms. The van der Waals surface area contributed by atoms with E-state index >= 15 is 0 Å². The Bertz CT molecular complexity index is 711. The van der Waals surface area contributed by atoms with E-state index in [2.05, 4.69) is 41.2 Å². The van der Waals surface area contributed by atoms with Crippen molar-refractivity contribution in [3.63, 3.8) is 0 Å². The van der Waals surface area contributed by atoms with Gasteiger partial charge in [-0.2, -0.15) is 5.26 Å². The van der Waals surface area contributed by atoms with Crippen LogP contribution in [0.3, 0.4) is 0 Å². The van der Waals surface area contributed by atoms with Gasteiger partial charge in [0.1, 0.15) is 0 Å². The average Bonchev–Trinajstić information content (AvgIpc) is 2.71. The first-order valence-electron chi connectivity index (χ1n) is 10.7. The molecule has 1 aliphatic carbocycles. The Morgan fingerprint density at radius 3 is 2.90 bits per heavy atom. The molecule has 2 rings (SSSR count). The number of hydrogen-bond acceptors (Lipinski definition) is 5. The zero-order valence-corrected chi connectivity index (χ0v) is 17.3. The summed E-state index contributed by atoms with van der Waals surface area (Å²) in [7, 11) is 0. The first-order valence-corrected chi connectivity index (χ1v) is 10.7. The van der Waals surface area contributed by atoms with Gasteiger partial charge in [-0.1, -0.05) is 24.3 Å². The minimum absolute atomic E-state index is 0.189. The Morgan fingerprint density at radius 2 is 2.24 bits per heavy atom. The molecule has 0 aromatic heterocycles. The maximum absolute atomic E-state index is 9.57. The van der Waals surface area contributed by atoms with Crippen LogP contribution in [0.1, 0.15) is 44.9 Å².